The van der Waals surface area contributed by atoms with Crippen molar-refractivity contribution in [1.82, 2.24) is 0 Å². The standard InChI is InChI=1S/C20H8N4/c21-9-13(10-22)19-15-5-1-2-6-16(15)20(14(11-23)12-24)18-8-4-3-7-17(18)19/h1-8H/q-2. The Balaban J connectivity index is 2.73. The van der Waals surface area contributed by atoms with Crippen molar-refractivity contribution in [3.05, 3.63) is 70.5 Å². The maximum Gasteiger partial charge on any atom is 0.106 e. The number of nitrogens with zero attached hydrogens (tertiary/aromatic N) is 4. The fourth-order valence-corrected chi connectivity index (χ4v) is 2.94. The fraction of sp³-hybridized carbons (Fsp3) is 0. The second-order valence-electron chi connectivity index (χ2n) is 5.04. The van der Waals surface area contributed by atoms with Crippen LogP contribution in [-0.4, -0.2) is 11.7 Å². The predicted molar refractivity (Wildman–Crippen MR) is 96.2 cm³/mol. The van der Waals surface area contributed by atoms with E-state index in [1.165, 1.54) is 0 Å². The molecule has 24 heavy (non-hydrogen) atoms. The first-order valence-electron chi connectivity index (χ1n) is 7.05. The second-order valence-corrected chi connectivity index (χ2v) is 5.04. The number of hydrogen-bond donors (Lipinski definition) is 0. The molecule has 0 amide bonds. The van der Waals surface area contributed by atoms with Gasteiger partial charge < -0.3 is 10.8 Å². The van der Waals surface area contributed by atoms with E-state index in [4.69, 9.17) is 0 Å². The van der Waals surface area contributed by atoms with Gasteiger partial charge in [0.2, 0.25) is 0 Å². The Morgan fingerprint density at radius 2 is 0.917 bits per heavy atom. The molecule has 0 unspecified atom stereocenters. The lowest BCUT2D eigenvalue weighted by Gasteiger charge is -2.15. The Morgan fingerprint density at radius 3 is 1.12 bits per heavy atom. The topological polar surface area (TPSA) is 92.2 Å². The first kappa shape index (κ1) is 15.0. The zero-order valence-corrected chi connectivity index (χ0v) is 12.4. The Kier molecular flexibility index (Phi) is 3.77. The quantitative estimate of drug-likeness (QED) is 0.401. The van der Waals surface area contributed by atoms with Crippen LogP contribution >= 0.6 is 0 Å². The summed E-state index contributed by atoms with van der Waals surface area (Å²) in [6.45, 7) is 0. The van der Waals surface area contributed by atoms with Gasteiger partial charge in [-0.3, -0.25) is 0 Å². The van der Waals surface area contributed by atoms with Crippen LogP contribution in [0.15, 0.2) is 48.5 Å². The molecule has 0 radical (unpaired) electrons. The summed E-state index contributed by atoms with van der Waals surface area (Å²) in [5.74, 6) is 3.90. The molecule has 0 spiro atoms. The van der Waals surface area contributed by atoms with E-state index in [0.29, 0.717) is 32.7 Å². The first-order valence-corrected chi connectivity index (χ1v) is 7.05. The number of benzene rings is 3. The van der Waals surface area contributed by atoms with Crippen molar-refractivity contribution >= 4 is 44.4 Å². The van der Waals surface area contributed by atoms with Crippen molar-refractivity contribution in [3.63, 3.8) is 0 Å². The Morgan fingerprint density at radius 1 is 0.625 bits per heavy atom. The van der Waals surface area contributed by atoms with Gasteiger partial charge in [-0.05, 0) is 21.5 Å². The summed E-state index contributed by atoms with van der Waals surface area (Å²) >= 11 is 0. The van der Waals surface area contributed by atoms with E-state index in [1.54, 1.807) is 48.5 Å². The molecule has 0 saturated carbocycles. The normalized spacial score (nSPS) is 9.58. The van der Waals surface area contributed by atoms with Crippen LogP contribution in [-0.2, 0) is 0 Å². The molecule has 0 aliphatic heterocycles. The van der Waals surface area contributed by atoms with Crippen molar-refractivity contribution in [3.8, 4) is 12.1 Å². The fourth-order valence-electron chi connectivity index (χ4n) is 2.94. The van der Waals surface area contributed by atoms with Gasteiger partial charge in [0.25, 0.3) is 0 Å². The number of fused-ring (bicyclic) bond motifs is 2. The van der Waals surface area contributed by atoms with Crippen molar-refractivity contribution in [2.24, 2.45) is 0 Å². The Labute approximate surface area is 138 Å². The molecule has 4 nitrogen and oxygen atoms in total. The van der Waals surface area contributed by atoms with E-state index in [1.807, 2.05) is 23.9 Å². The van der Waals surface area contributed by atoms with E-state index >= 15 is 0 Å². The van der Waals surface area contributed by atoms with Crippen LogP contribution < -0.4 is 0 Å². The van der Waals surface area contributed by atoms with Crippen LogP contribution in [0.3, 0.4) is 0 Å². The summed E-state index contributed by atoms with van der Waals surface area (Å²) in [7, 11) is 0. The van der Waals surface area contributed by atoms with Gasteiger partial charge in [0.05, 0.1) is 11.1 Å². The SMILES string of the molecule is N#CC(=C=[N-])c1c2ccccc2c(C(=C=[N-])C#N)c2ccccc12. The van der Waals surface area contributed by atoms with E-state index in [0.717, 1.165) is 0 Å². The van der Waals surface area contributed by atoms with Gasteiger partial charge in [0.1, 0.15) is 12.1 Å². The lowest BCUT2D eigenvalue weighted by Crippen LogP contribution is -1.95. The zero-order valence-electron chi connectivity index (χ0n) is 12.4. The van der Waals surface area contributed by atoms with Gasteiger partial charge in [-0.15, -0.1) is 0 Å². The third-order valence-electron chi connectivity index (χ3n) is 3.88. The molecule has 0 aliphatic rings. The van der Waals surface area contributed by atoms with Gasteiger partial charge in [-0.25, -0.2) is 11.7 Å². The molecule has 0 atom stereocenters. The van der Waals surface area contributed by atoms with E-state index < -0.39 is 0 Å². The van der Waals surface area contributed by atoms with E-state index in [2.05, 4.69) is 0 Å². The molecular weight excluding hydrogens is 296 g/mol. The molecule has 0 bridgehead atoms. The van der Waals surface area contributed by atoms with Crippen LogP contribution in [0, 0.1) is 22.7 Å². The molecule has 0 heterocycles. The van der Waals surface area contributed by atoms with Gasteiger partial charge in [0.15, 0.2) is 0 Å². The number of allylic oxidation sites excluding steroid dienone is 2. The van der Waals surface area contributed by atoms with Crippen LogP contribution in [0.2, 0.25) is 0 Å². The Hall–Kier alpha value is -3.94. The average Bonchev–Trinajstić information content (AvgIpc) is 2.64. The van der Waals surface area contributed by atoms with Crippen LogP contribution in [0.25, 0.3) is 43.5 Å². The predicted octanol–water partition coefficient (Wildman–Crippen LogP) is 4.29. The number of nitriles is 2. The van der Waals surface area contributed by atoms with Crippen LogP contribution in [0.1, 0.15) is 11.1 Å². The lowest BCUT2D eigenvalue weighted by molar-refractivity contribution is 1.53. The maximum absolute atomic E-state index is 9.35. The zero-order chi connectivity index (χ0) is 17.1. The smallest absolute Gasteiger partial charge is 0.106 e. The summed E-state index contributed by atoms with van der Waals surface area (Å²) in [6.07, 6.45) is 0. The molecule has 110 valence electrons. The van der Waals surface area contributed by atoms with Crippen LogP contribution in [0.4, 0.5) is 0 Å². The summed E-state index contributed by atoms with van der Waals surface area (Å²) in [5.41, 5.74) is 1.07. The first-order chi connectivity index (χ1) is 11.8. The number of hydrogen-bond acceptors (Lipinski definition) is 2. The molecule has 4 heteroatoms. The molecule has 0 fully saturated rings. The molecular formula is C20H8N4-2. The highest BCUT2D eigenvalue weighted by Crippen LogP contribution is 2.38. The summed E-state index contributed by atoms with van der Waals surface area (Å²) < 4.78 is 0. The van der Waals surface area contributed by atoms with Crippen molar-refractivity contribution in [2.45, 2.75) is 0 Å². The summed E-state index contributed by atoms with van der Waals surface area (Å²) in [6, 6.07) is 18.3. The van der Waals surface area contributed by atoms with E-state index in [-0.39, 0.29) is 11.1 Å². The van der Waals surface area contributed by atoms with Crippen molar-refractivity contribution in [1.29, 1.82) is 10.5 Å². The van der Waals surface area contributed by atoms with Crippen molar-refractivity contribution < 1.29 is 0 Å². The second kappa shape index (κ2) is 6.05. The summed E-state index contributed by atoms with van der Waals surface area (Å²) in [4.78, 5) is 0. The highest BCUT2D eigenvalue weighted by Gasteiger charge is 2.17. The summed E-state index contributed by atoms with van der Waals surface area (Å²) in [5, 5.41) is 40.1. The third-order valence-corrected chi connectivity index (χ3v) is 3.88. The van der Waals surface area contributed by atoms with Crippen LogP contribution in [0.5, 0.6) is 0 Å². The highest BCUT2D eigenvalue weighted by molar-refractivity contribution is 6.23. The minimum absolute atomic E-state index is 0.00409. The minimum Gasteiger partial charge on any atom is -0.762 e. The van der Waals surface area contributed by atoms with Gasteiger partial charge in [-0.2, -0.15) is 10.5 Å². The molecule has 3 rings (SSSR count). The highest BCUT2D eigenvalue weighted by atomic mass is 14.3. The lowest BCUT2D eigenvalue weighted by atomic mass is 9.87. The molecule has 0 aromatic heterocycles. The van der Waals surface area contributed by atoms with Crippen molar-refractivity contribution in [2.75, 3.05) is 0 Å². The monoisotopic (exact) mass is 304 g/mol. The van der Waals surface area contributed by atoms with Gasteiger partial charge >= 0.3 is 0 Å². The average molecular weight is 304 g/mol. The molecule has 0 aliphatic carbocycles. The molecule has 3 aromatic carbocycles. The largest absolute Gasteiger partial charge is 0.762 e. The maximum atomic E-state index is 9.35. The molecule has 0 saturated heterocycles. The number of rotatable bonds is 2. The third kappa shape index (κ3) is 2.10. The van der Waals surface area contributed by atoms with E-state index in [9.17, 15) is 21.3 Å². The molecule has 3 aromatic rings. The minimum atomic E-state index is 0.00409. The Bertz CT molecular complexity index is 1020. The van der Waals surface area contributed by atoms with Gasteiger partial charge in [-0.1, -0.05) is 48.5 Å². The van der Waals surface area contributed by atoms with Gasteiger partial charge in [0, 0.05) is 11.1 Å². The molecule has 0 N–H and O–H groups in total.